The first-order chi connectivity index (χ1) is 8.70. The molecule has 1 aromatic rings. The fraction of sp³-hybridized carbons (Fsp3) is 0.615. The van der Waals surface area contributed by atoms with E-state index in [0.29, 0.717) is 5.92 Å². The molecule has 0 unspecified atom stereocenters. The van der Waals surface area contributed by atoms with Crippen LogP contribution in [0.5, 0.6) is 0 Å². The van der Waals surface area contributed by atoms with Crippen molar-refractivity contribution < 1.29 is 4.79 Å². The van der Waals surface area contributed by atoms with E-state index in [4.69, 9.17) is 0 Å². The van der Waals surface area contributed by atoms with Gasteiger partial charge in [0.1, 0.15) is 5.69 Å². The summed E-state index contributed by atoms with van der Waals surface area (Å²) >= 11 is 3.41. The van der Waals surface area contributed by atoms with Crippen molar-refractivity contribution in [2.75, 3.05) is 19.6 Å². The summed E-state index contributed by atoms with van der Waals surface area (Å²) in [6.45, 7) is 5.76. The summed E-state index contributed by atoms with van der Waals surface area (Å²) in [4.78, 5) is 12.1. The minimum absolute atomic E-state index is 0.0288. The Morgan fingerprint density at radius 3 is 2.94 bits per heavy atom. The summed E-state index contributed by atoms with van der Waals surface area (Å²) in [5.74, 6) is 0.643. The average molecular weight is 314 g/mol. The third-order valence-electron chi connectivity index (χ3n) is 3.45. The number of carbonyl (C=O) groups excluding carboxylic acids is 1. The molecule has 0 aliphatic carbocycles. The van der Waals surface area contributed by atoms with Gasteiger partial charge >= 0.3 is 0 Å². The third-order valence-corrected chi connectivity index (χ3v) is 3.88. The van der Waals surface area contributed by atoms with Gasteiger partial charge in [-0.15, -0.1) is 0 Å². The number of amides is 1. The summed E-state index contributed by atoms with van der Waals surface area (Å²) < 4.78 is 2.92. The van der Waals surface area contributed by atoms with Crippen molar-refractivity contribution in [3.63, 3.8) is 0 Å². The number of piperidine rings is 1. The quantitative estimate of drug-likeness (QED) is 0.893. The predicted molar refractivity (Wildman–Crippen MR) is 75.7 cm³/mol. The Labute approximate surface area is 116 Å². The zero-order valence-corrected chi connectivity index (χ0v) is 12.3. The Morgan fingerprint density at radius 2 is 2.28 bits per heavy atom. The van der Waals surface area contributed by atoms with Crippen LogP contribution < -0.4 is 10.6 Å². The van der Waals surface area contributed by atoms with Gasteiger partial charge in [-0.2, -0.15) is 0 Å². The second-order valence-corrected chi connectivity index (χ2v) is 5.65. The molecule has 1 saturated heterocycles. The maximum atomic E-state index is 12.1. The molecule has 0 bridgehead atoms. The van der Waals surface area contributed by atoms with E-state index in [1.807, 2.05) is 23.8 Å². The number of halogens is 1. The van der Waals surface area contributed by atoms with Gasteiger partial charge in [0, 0.05) is 23.8 Å². The molecule has 1 aromatic heterocycles. The van der Waals surface area contributed by atoms with E-state index in [1.165, 1.54) is 0 Å². The summed E-state index contributed by atoms with van der Waals surface area (Å²) in [7, 11) is 0. The lowest BCUT2D eigenvalue weighted by molar-refractivity contribution is 0.0935. The smallest absolute Gasteiger partial charge is 0.267 e. The molecule has 0 saturated carbocycles. The van der Waals surface area contributed by atoms with E-state index in [9.17, 15) is 4.79 Å². The largest absolute Gasteiger partial charge is 0.350 e. The lowest BCUT2D eigenvalue weighted by Gasteiger charge is -2.22. The fourth-order valence-corrected chi connectivity index (χ4v) is 2.80. The Balaban J connectivity index is 1.90. The maximum Gasteiger partial charge on any atom is 0.267 e. The lowest BCUT2D eigenvalue weighted by Crippen LogP contribution is -2.36. The molecule has 5 heteroatoms. The highest BCUT2D eigenvalue weighted by Gasteiger charge is 2.16. The SMILES string of the molecule is CCn1cc(Br)cc1C(=O)NCC1CCNCC1. The highest BCUT2D eigenvalue weighted by atomic mass is 79.9. The maximum absolute atomic E-state index is 12.1. The van der Waals surface area contributed by atoms with E-state index in [0.717, 1.165) is 49.2 Å². The molecule has 0 radical (unpaired) electrons. The van der Waals surface area contributed by atoms with Gasteiger partial charge in [-0.3, -0.25) is 4.79 Å². The summed E-state index contributed by atoms with van der Waals surface area (Å²) in [6.07, 6.45) is 4.25. The number of aromatic nitrogens is 1. The van der Waals surface area contributed by atoms with E-state index < -0.39 is 0 Å². The second-order valence-electron chi connectivity index (χ2n) is 4.73. The van der Waals surface area contributed by atoms with Gasteiger partial charge in [-0.1, -0.05) is 0 Å². The van der Waals surface area contributed by atoms with Gasteiger partial charge in [-0.25, -0.2) is 0 Å². The Morgan fingerprint density at radius 1 is 1.56 bits per heavy atom. The van der Waals surface area contributed by atoms with E-state index in [1.54, 1.807) is 0 Å². The number of hydrogen-bond acceptors (Lipinski definition) is 2. The van der Waals surface area contributed by atoms with Crippen molar-refractivity contribution in [3.8, 4) is 0 Å². The Bertz CT molecular complexity index is 410. The van der Waals surface area contributed by atoms with Gasteiger partial charge < -0.3 is 15.2 Å². The summed E-state index contributed by atoms with van der Waals surface area (Å²) in [6, 6.07) is 1.88. The first kappa shape index (κ1) is 13.6. The summed E-state index contributed by atoms with van der Waals surface area (Å²) in [5.41, 5.74) is 0.735. The predicted octanol–water partition coefficient (Wildman–Crippen LogP) is 2.00. The number of hydrogen-bond donors (Lipinski definition) is 2. The van der Waals surface area contributed by atoms with E-state index in [-0.39, 0.29) is 5.91 Å². The zero-order chi connectivity index (χ0) is 13.0. The van der Waals surface area contributed by atoms with Gasteiger partial charge in [0.25, 0.3) is 5.91 Å². The van der Waals surface area contributed by atoms with Crippen molar-refractivity contribution in [2.45, 2.75) is 26.3 Å². The van der Waals surface area contributed by atoms with Crippen LogP contribution in [0.2, 0.25) is 0 Å². The topological polar surface area (TPSA) is 46.1 Å². The van der Waals surface area contributed by atoms with Gasteiger partial charge in [0.15, 0.2) is 0 Å². The van der Waals surface area contributed by atoms with Crippen LogP contribution in [0.1, 0.15) is 30.3 Å². The van der Waals surface area contributed by atoms with Crippen molar-refractivity contribution in [2.24, 2.45) is 5.92 Å². The Kier molecular flexibility index (Phi) is 4.83. The zero-order valence-electron chi connectivity index (χ0n) is 10.7. The third kappa shape index (κ3) is 3.36. The molecule has 0 spiro atoms. The molecule has 1 aliphatic rings. The highest BCUT2D eigenvalue weighted by Crippen LogP contribution is 2.15. The molecule has 2 N–H and O–H groups in total. The Hall–Kier alpha value is -0.810. The lowest BCUT2D eigenvalue weighted by atomic mass is 9.98. The number of nitrogens with zero attached hydrogens (tertiary/aromatic N) is 1. The van der Waals surface area contributed by atoms with Crippen molar-refractivity contribution >= 4 is 21.8 Å². The first-order valence-electron chi connectivity index (χ1n) is 6.55. The molecule has 1 fully saturated rings. The number of nitrogens with one attached hydrogen (secondary N) is 2. The average Bonchev–Trinajstić information content (AvgIpc) is 2.78. The minimum atomic E-state index is 0.0288. The van der Waals surface area contributed by atoms with Gasteiger partial charge in [0.05, 0.1) is 0 Å². The standard InChI is InChI=1S/C13H20BrN3O/c1-2-17-9-11(14)7-12(17)13(18)16-8-10-3-5-15-6-4-10/h7,9-10,15H,2-6,8H2,1H3,(H,16,18). The van der Waals surface area contributed by atoms with Gasteiger partial charge in [0.2, 0.25) is 0 Å². The molecule has 4 nitrogen and oxygen atoms in total. The molecule has 2 heterocycles. The number of aryl methyl sites for hydroxylation is 1. The van der Waals surface area contributed by atoms with Crippen LogP contribution in [-0.4, -0.2) is 30.1 Å². The van der Waals surface area contributed by atoms with Crippen LogP contribution in [0.25, 0.3) is 0 Å². The molecular formula is C13H20BrN3O. The molecule has 18 heavy (non-hydrogen) atoms. The molecule has 0 aromatic carbocycles. The summed E-state index contributed by atoms with van der Waals surface area (Å²) in [5, 5.41) is 6.38. The van der Waals surface area contributed by atoms with Crippen molar-refractivity contribution in [3.05, 3.63) is 22.4 Å². The fourth-order valence-electron chi connectivity index (χ4n) is 2.34. The minimum Gasteiger partial charge on any atom is -0.350 e. The van der Waals surface area contributed by atoms with E-state index >= 15 is 0 Å². The highest BCUT2D eigenvalue weighted by molar-refractivity contribution is 9.10. The number of carbonyl (C=O) groups is 1. The van der Waals surface area contributed by atoms with Crippen LogP contribution >= 0.6 is 15.9 Å². The van der Waals surface area contributed by atoms with Crippen LogP contribution in [0.4, 0.5) is 0 Å². The van der Waals surface area contributed by atoms with Crippen LogP contribution in [0.3, 0.4) is 0 Å². The van der Waals surface area contributed by atoms with Crippen LogP contribution in [0, 0.1) is 5.92 Å². The van der Waals surface area contributed by atoms with Gasteiger partial charge in [-0.05, 0) is 60.8 Å². The first-order valence-corrected chi connectivity index (χ1v) is 7.34. The second kappa shape index (κ2) is 6.38. The van der Waals surface area contributed by atoms with E-state index in [2.05, 4.69) is 26.6 Å². The monoisotopic (exact) mass is 313 g/mol. The normalized spacial score (nSPS) is 16.8. The molecule has 0 atom stereocenters. The van der Waals surface area contributed by atoms with Crippen molar-refractivity contribution in [1.29, 1.82) is 0 Å². The van der Waals surface area contributed by atoms with Crippen LogP contribution in [-0.2, 0) is 6.54 Å². The number of rotatable bonds is 4. The van der Waals surface area contributed by atoms with Crippen molar-refractivity contribution in [1.82, 2.24) is 15.2 Å². The molecule has 100 valence electrons. The molecule has 1 aliphatic heterocycles. The molecular weight excluding hydrogens is 294 g/mol. The van der Waals surface area contributed by atoms with Crippen LogP contribution in [0.15, 0.2) is 16.7 Å². The molecule has 2 rings (SSSR count). The molecule has 1 amide bonds.